The molecule has 0 radical (unpaired) electrons. The van der Waals surface area contributed by atoms with Crippen molar-refractivity contribution in [3.63, 3.8) is 0 Å². The molecular weight excluding hydrogens is 448 g/mol. The van der Waals surface area contributed by atoms with Crippen molar-refractivity contribution in [3.8, 4) is 0 Å². The molecule has 1 atom stereocenters. The van der Waals surface area contributed by atoms with E-state index in [1.165, 1.54) is 5.56 Å². The number of aromatic nitrogens is 1. The average Bonchev–Trinajstić information content (AvgIpc) is 3.44. The van der Waals surface area contributed by atoms with E-state index in [2.05, 4.69) is 30.9 Å². The standard InChI is InChI=1S/C26H30N4O3S/c1-18-14-19(2)24-22(15-18)27-26(34-24)29(9-8-28-10-12-33-13-11-28)25(32)20-16-23(31)30(17-20)21-6-4-3-5-7-21/h3-7,14-15,20H,8-13,16-17H2,1-2H3. The lowest BCUT2D eigenvalue weighted by atomic mass is 10.1. The molecule has 0 N–H and O–H groups in total. The Hall–Kier alpha value is -2.81. The smallest absolute Gasteiger partial charge is 0.234 e. The van der Waals surface area contributed by atoms with E-state index < -0.39 is 0 Å². The number of amides is 2. The maximum atomic E-state index is 13.8. The first kappa shape index (κ1) is 23.0. The first-order chi connectivity index (χ1) is 16.5. The predicted octanol–water partition coefficient (Wildman–Crippen LogP) is 3.63. The molecule has 2 aromatic carbocycles. The van der Waals surface area contributed by atoms with E-state index in [0.29, 0.717) is 18.2 Å². The summed E-state index contributed by atoms with van der Waals surface area (Å²) >= 11 is 1.56. The number of thiazole rings is 1. The van der Waals surface area contributed by atoms with Gasteiger partial charge in [0.25, 0.3) is 0 Å². The lowest BCUT2D eigenvalue weighted by Crippen LogP contribution is -2.45. The lowest BCUT2D eigenvalue weighted by Gasteiger charge is -2.30. The number of carbonyl (C=O) groups is 2. The second-order valence-corrected chi connectivity index (χ2v) is 10.1. The van der Waals surface area contributed by atoms with Crippen LogP contribution in [0.2, 0.25) is 0 Å². The molecule has 5 rings (SSSR count). The molecule has 1 aromatic heterocycles. The van der Waals surface area contributed by atoms with Crippen LogP contribution in [-0.4, -0.2) is 67.6 Å². The molecule has 8 heteroatoms. The monoisotopic (exact) mass is 478 g/mol. The predicted molar refractivity (Wildman–Crippen MR) is 136 cm³/mol. The van der Waals surface area contributed by atoms with Gasteiger partial charge in [0.2, 0.25) is 11.8 Å². The van der Waals surface area contributed by atoms with Gasteiger partial charge in [0.05, 0.1) is 29.3 Å². The zero-order valence-electron chi connectivity index (χ0n) is 19.7. The van der Waals surface area contributed by atoms with Crippen molar-refractivity contribution < 1.29 is 14.3 Å². The van der Waals surface area contributed by atoms with Gasteiger partial charge in [0.1, 0.15) is 0 Å². The molecule has 0 spiro atoms. The number of para-hydroxylation sites is 1. The van der Waals surface area contributed by atoms with Crippen molar-refractivity contribution >= 4 is 44.2 Å². The largest absolute Gasteiger partial charge is 0.379 e. The number of rotatable bonds is 6. The number of hydrogen-bond donors (Lipinski definition) is 0. The van der Waals surface area contributed by atoms with Crippen LogP contribution in [-0.2, 0) is 14.3 Å². The fraction of sp³-hybridized carbons (Fsp3) is 0.423. The highest BCUT2D eigenvalue weighted by atomic mass is 32.1. The Morgan fingerprint density at radius 2 is 1.94 bits per heavy atom. The molecule has 0 saturated carbocycles. The summed E-state index contributed by atoms with van der Waals surface area (Å²) in [6.45, 7) is 9.03. The number of carbonyl (C=O) groups excluding carboxylic acids is 2. The molecule has 0 aliphatic carbocycles. The lowest BCUT2D eigenvalue weighted by molar-refractivity contribution is -0.124. The van der Waals surface area contributed by atoms with E-state index in [1.54, 1.807) is 16.2 Å². The number of fused-ring (bicyclic) bond motifs is 1. The minimum absolute atomic E-state index is 0.00607. The Bertz CT molecular complexity index is 1190. The van der Waals surface area contributed by atoms with Crippen LogP contribution in [0.25, 0.3) is 10.2 Å². The van der Waals surface area contributed by atoms with Gasteiger partial charge in [-0.1, -0.05) is 35.6 Å². The van der Waals surface area contributed by atoms with Crippen molar-refractivity contribution in [1.29, 1.82) is 0 Å². The quantitative estimate of drug-likeness (QED) is 0.541. The van der Waals surface area contributed by atoms with E-state index >= 15 is 0 Å². The first-order valence-electron chi connectivity index (χ1n) is 11.8. The van der Waals surface area contributed by atoms with Crippen LogP contribution in [0, 0.1) is 19.8 Å². The van der Waals surface area contributed by atoms with Gasteiger partial charge in [0, 0.05) is 44.8 Å². The van der Waals surface area contributed by atoms with Crippen LogP contribution in [0.4, 0.5) is 10.8 Å². The molecule has 7 nitrogen and oxygen atoms in total. The summed E-state index contributed by atoms with van der Waals surface area (Å²) in [5.74, 6) is -0.408. The number of ether oxygens (including phenoxy) is 1. The number of hydrogen-bond acceptors (Lipinski definition) is 6. The Kier molecular flexibility index (Phi) is 6.63. The molecule has 2 fully saturated rings. The van der Waals surface area contributed by atoms with Crippen molar-refractivity contribution in [2.45, 2.75) is 20.3 Å². The van der Waals surface area contributed by atoms with Gasteiger partial charge >= 0.3 is 0 Å². The van der Waals surface area contributed by atoms with Crippen LogP contribution >= 0.6 is 11.3 Å². The summed E-state index contributed by atoms with van der Waals surface area (Å²) < 4.78 is 6.58. The SMILES string of the molecule is Cc1cc(C)c2sc(N(CCN3CCOCC3)C(=O)C3CC(=O)N(c4ccccc4)C3)nc2c1. The topological polar surface area (TPSA) is 66.0 Å². The summed E-state index contributed by atoms with van der Waals surface area (Å²) in [6.07, 6.45) is 0.227. The van der Waals surface area contributed by atoms with Gasteiger partial charge in [-0.25, -0.2) is 4.98 Å². The maximum absolute atomic E-state index is 13.8. The van der Waals surface area contributed by atoms with E-state index in [9.17, 15) is 9.59 Å². The van der Waals surface area contributed by atoms with Gasteiger partial charge in [-0.05, 0) is 43.2 Å². The average molecular weight is 479 g/mol. The van der Waals surface area contributed by atoms with Crippen LogP contribution in [0.15, 0.2) is 42.5 Å². The molecule has 3 heterocycles. The summed E-state index contributed by atoms with van der Waals surface area (Å²) in [5.41, 5.74) is 4.10. The van der Waals surface area contributed by atoms with Crippen molar-refractivity contribution in [2.24, 2.45) is 5.92 Å². The minimum Gasteiger partial charge on any atom is -0.379 e. The number of benzene rings is 2. The highest BCUT2D eigenvalue weighted by molar-refractivity contribution is 7.22. The Labute approximate surface area is 203 Å². The Balaban J connectivity index is 1.41. The second-order valence-electron chi connectivity index (χ2n) is 9.11. The van der Waals surface area contributed by atoms with Gasteiger partial charge in [0.15, 0.2) is 5.13 Å². The minimum atomic E-state index is -0.382. The van der Waals surface area contributed by atoms with E-state index in [0.717, 1.165) is 54.3 Å². The van der Waals surface area contributed by atoms with Gasteiger partial charge in [-0.15, -0.1) is 0 Å². The zero-order valence-corrected chi connectivity index (χ0v) is 20.5. The Morgan fingerprint density at radius 3 is 2.71 bits per heavy atom. The molecular formula is C26H30N4O3S. The highest BCUT2D eigenvalue weighted by Gasteiger charge is 2.38. The van der Waals surface area contributed by atoms with Gasteiger partial charge in [-0.2, -0.15) is 0 Å². The summed E-state index contributed by atoms with van der Waals surface area (Å²) in [5, 5.41) is 0.715. The van der Waals surface area contributed by atoms with E-state index in [-0.39, 0.29) is 24.2 Å². The normalized spacial score (nSPS) is 19.2. The summed E-state index contributed by atoms with van der Waals surface area (Å²) in [4.78, 5) is 37.4. The fourth-order valence-electron chi connectivity index (χ4n) is 4.80. The van der Waals surface area contributed by atoms with Crippen LogP contribution in [0.5, 0.6) is 0 Å². The highest BCUT2D eigenvalue weighted by Crippen LogP contribution is 2.34. The third kappa shape index (κ3) is 4.71. The van der Waals surface area contributed by atoms with Crippen LogP contribution < -0.4 is 9.80 Å². The molecule has 2 amide bonds. The molecule has 3 aromatic rings. The number of anilines is 2. The van der Waals surface area contributed by atoms with Crippen molar-refractivity contribution in [3.05, 3.63) is 53.6 Å². The third-order valence-corrected chi connectivity index (χ3v) is 7.82. The second kappa shape index (κ2) is 9.82. The first-order valence-corrected chi connectivity index (χ1v) is 12.7. The van der Waals surface area contributed by atoms with Crippen molar-refractivity contribution in [1.82, 2.24) is 9.88 Å². The van der Waals surface area contributed by atoms with Crippen LogP contribution in [0.3, 0.4) is 0 Å². The fourth-order valence-corrected chi connectivity index (χ4v) is 5.84. The van der Waals surface area contributed by atoms with Crippen molar-refractivity contribution in [2.75, 3.05) is 55.7 Å². The number of morpholine rings is 1. The molecule has 2 aliphatic heterocycles. The molecule has 1 unspecified atom stereocenters. The zero-order chi connectivity index (χ0) is 23.7. The van der Waals surface area contributed by atoms with Gasteiger partial charge < -0.3 is 9.64 Å². The molecule has 2 saturated heterocycles. The number of nitrogens with zero attached hydrogens (tertiary/aromatic N) is 4. The molecule has 0 bridgehead atoms. The van der Waals surface area contributed by atoms with Gasteiger partial charge in [-0.3, -0.25) is 19.4 Å². The Morgan fingerprint density at radius 1 is 1.18 bits per heavy atom. The van der Waals surface area contributed by atoms with E-state index in [4.69, 9.17) is 9.72 Å². The third-order valence-electron chi connectivity index (χ3n) is 6.59. The maximum Gasteiger partial charge on any atom is 0.234 e. The van der Waals surface area contributed by atoms with Crippen LogP contribution in [0.1, 0.15) is 17.5 Å². The summed E-state index contributed by atoms with van der Waals surface area (Å²) in [6, 6.07) is 13.8. The molecule has 34 heavy (non-hydrogen) atoms. The van der Waals surface area contributed by atoms with E-state index in [1.807, 2.05) is 35.2 Å². The molecule has 2 aliphatic rings. The number of aryl methyl sites for hydroxylation is 2. The molecule has 178 valence electrons. The summed E-state index contributed by atoms with van der Waals surface area (Å²) in [7, 11) is 0.